The number of aromatic amines is 1. The number of nitrogens with zero attached hydrogens (tertiary/aromatic N) is 1. The van der Waals surface area contributed by atoms with E-state index >= 15 is 0 Å². The smallest absolute Gasteiger partial charge is 0.290 e. The van der Waals surface area contributed by atoms with E-state index in [4.69, 9.17) is 4.74 Å². The zero-order valence-electron chi connectivity index (χ0n) is 15.3. The van der Waals surface area contributed by atoms with Crippen molar-refractivity contribution >= 4 is 22.6 Å². The molecule has 0 atom stereocenters. The molecule has 0 aliphatic heterocycles. The average Bonchev–Trinajstić information content (AvgIpc) is 2.71. The summed E-state index contributed by atoms with van der Waals surface area (Å²) < 4.78 is 5.55. The fraction of sp³-hybridized carbons (Fsp3) is 0.200. The molecule has 0 aliphatic carbocycles. The third-order valence-corrected chi connectivity index (χ3v) is 4.06. The number of hydrazine groups is 1. The first-order chi connectivity index (χ1) is 13.5. The molecule has 28 heavy (non-hydrogen) atoms. The van der Waals surface area contributed by atoms with E-state index in [1.165, 1.54) is 0 Å². The minimum atomic E-state index is -0.614. The van der Waals surface area contributed by atoms with Gasteiger partial charge in [0.2, 0.25) is 5.91 Å². The van der Waals surface area contributed by atoms with Crippen molar-refractivity contribution in [2.24, 2.45) is 0 Å². The van der Waals surface area contributed by atoms with Crippen LogP contribution in [0.3, 0.4) is 0 Å². The van der Waals surface area contributed by atoms with Crippen molar-refractivity contribution in [3.63, 3.8) is 0 Å². The topological polar surface area (TPSA) is 113 Å². The van der Waals surface area contributed by atoms with Gasteiger partial charge in [-0.3, -0.25) is 25.2 Å². The molecule has 0 bridgehead atoms. The Labute approximate surface area is 160 Å². The number of rotatable bonds is 6. The summed E-state index contributed by atoms with van der Waals surface area (Å²) in [4.78, 5) is 35.9. The largest absolute Gasteiger partial charge is 0.494 e. The normalized spacial score (nSPS) is 10.5. The lowest BCUT2D eigenvalue weighted by Gasteiger charge is -2.09. The molecule has 2 aromatic carbocycles. The van der Waals surface area contributed by atoms with Gasteiger partial charge in [-0.25, -0.2) is 5.10 Å². The van der Waals surface area contributed by atoms with Crippen molar-refractivity contribution < 1.29 is 14.3 Å². The van der Waals surface area contributed by atoms with E-state index in [1.54, 1.807) is 24.3 Å². The van der Waals surface area contributed by atoms with Gasteiger partial charge in [-0.2, -0.15) is 5.10 Å². The molecule has 2 amide bonds. The number of hydrogen-bond acceptors (Lipinski definition) is 5. The van der Waals surface area contributed by atoms with Crippen molar-refractivity contribution in [2.45, 2.75) is 19.8 Å². The van der Waals surface area contributed by atoms with Crippen LogP contribution in [-0.4, -0.2) is 28.6 Å². The lowest BCUT2D eigenvalue weighted by Crippen LogP contribution is -2.42. The average molecular weight is 380 g/mol. The predicted octanol–water partition coefficient (Wildman–Crippen LogP) is 1.85. The number of aryl methyl sites for hydroxylation is 1. The molecule has 1 aromatic heterocycles. The molecule has 0 aliphatic rings. The first kappa shape index (κ1) is 19.1. The molecule has 3 rings (SSSR count). The Bertz CT molecular complexity index is 1040. The highest BCUT2D eigenvalue weighted by atomic mass is 16.5. The molecule has 8 heteroatoms. The SMILES string of the molecule is Cc1ccc(OCCCC(=O)NNC(=O)c2n[nH]c(=O)c3ccccc23)cc1. The maximum atomic E-state index is 12.3. The quantitative estimate of drug-likeness (QED) is 0.446. The number of amides is 2. The monoisotopic (exact) mass is 380 g/mol. The molecular formula is C20H20N4O4. The van der Waals surface area contributed by atoms with Crippen molar-refractivity contribution in [2.75, 3.05) is 6.61 Å². The zero-order valence-corrected chi connectivity index (χ0v) is 15.3. The number of benzene rings is 2. The number of fused-ring (bicyclic) bond motifs is 1. The summed E-state index contributed by atoms with van der Waals surface area (Å²) in [5, 5.41) is 6.81. The first-order valence-corrected chi connectivity index (χ1v) is 8.80. The van der Waals surface area contributed by atoms with Crippen molar-refractivity contribution in [1.82, 2.24) is 21.0 Å². The second-order valence-electron chi connectivity index (χ2n) is 6.21. The highest BCUT2D eigenvalue weighted by Crippen LogP contribution is 2.12. The Kier molecular flexibility index (Phi) is 6.01. The van der Waals surface area contributed by atoms with Crippen LogP contribution in [0.5, 0.6) is 5.75 Å². The first-order valence-electron chi connectivity index (χ1n) is 8.80. The number of ether oxygens (including phenoxy) is 1. The lowest BCUT2D eigenvalue weighted by atomic mass is 10.1. The minimum Gasteiger partial charge on any atom is -0.494 e. The van der Waals surface area contributed by atoms with Crippen LogP contribution in [0.4, 0.5) is 0 Å². The van der Waals surface area contributed by atoms with Crippen LogP contribution in [0.25, 0.3) is 10.8 Å². The Balaban J connectivity index is 1.47. The van der Waals surface area contributed by atoms with Gasteiger partial charge in [0, 0.05) is 11.8 Å². The predicted molar refractivity (Wildman–Crippen MR) is 104 cm³/mol. The molecular weight excluding hydrogens is 360 g/mol. The molecule has 3 N–H and O–H groups in total. The Morgan fingerprint density at radius 2 is 1.75 bits per heavy atom. The highest BCUT2D eigenvalue weighted by Gasteiger charge is 2.14. The minimum absolute atomic E-state index is 0.0261. The number of aromatic nitrogens is 2. The lowest BCUT2D eigenvalue weighted by molar-refractivity contribution is -0.122. The molecule has 8 nitrogen and oxygen atoms in total. The van der Waals surface area contributed by atoms with Crippen LogP contribution in [0.2, 0.25) is 0 Å². The van der Waals surface area contributed by atoms with E-state index in [0.29, 0.717) is 23.8 Å². The van der Waals surface area contributed by atoms with Gasteiger partial charge in [-0.1, -0.05) is 35.9 Å². The van der Waals surface area contributed by atoms with E-state index in [0.717, 1.165) is 11.3 Å². The number of nitrogens with one attached hydrogen (secondary N) is 3. The molecule has 3 aromatic rings. The van der Waals surface area contributed by atoms with E-state index in [9.17, 15) is 14.4 Å². The van der Waals surface area contributed by atoms with E-state index in [1.807, 2.05) is 31.2 Å². The fourth-order valence-electron chi connectivity index (χ4n) is 2.59. The van der Waals surface area contributed by atoms with Crippen molar-refractivity contribution in [3.8, 4) is 5.75 Å². The molecule has 0 unspecified atom stereocenters. The molecule has 0 fully saturated rings. The molecule has 144 valence electrons. The molecule has 0 saturated carbocycles. The van der Waals surface area contributed by atoms with E-state index < -0.39 is 5.91 Å². The summed E-state index contributed by atoms with van der Waals surface area (Å²) in [6.45, 7) is 2.38. The van der Waals surface area contributed by atoms with Gasteiger partial charge in [0.25, 0.3) is 11.5 Å². The van der Waals surface area contributed by atoms with E-state index in [2.05, 4.69) is 21.0 Å². The van der Waals surface area contributed by atoms with Crippen LogP contribution < -0.4 is 21.1 Å². The summed E-state index contributed by atoms with van der Waals surface area (Å²) in [7, 11) is 0. The standard InChI is InChI=1S/C20H20N4O4/c1-13-8-10-14(11-9-13)28-12-4-7-17(25)21-24-20(27)18-15-5-2-3-6-16(15)19(26)23-22-18/h2-3,5-6,8-11H,4,7,12H2,1H3,(H,21,25)(H,23,26)(H,24,27). The van der Waals surface area contributed by atoms with Crippen LogP contribution in [0, 0.1) is 6.92 Å². The second-order valence-corrected chi connectivity index (χ2v) is 6.21. The number of H-pyrrole nitrogens is 1. The zero-order chi connectivity index (χ0) is 19.9. The van der Waals surface area contributed by atoms with Crippen molar-refractivity contribution in [1.29, 1.82) is 0 Å². The second kappa shape index (κ2) is 8.81. The maximum absolute atomic E-state index is 12.3. The van der Waals surface area contributed by atoms with Gasteiger partial charge in [0.15, 0.2) is 5.69 Å². The highest BCUT2D eigenvalue weighted by molar-refractivity contribution is 6.05. The Morgan fingerprint density at radius 3 is 2.50 bits per heavy atom. The van der Waals surface area contributed by atoms with Gasteiger partial charge in [-0.05, 0) is 31.5 Å². The van der Waals surface area contributed by atoms with Crippen LogP contribution in [0.15, 0.2) is 53.3 Å². The van der Waals surface area contributed by atoms with Gasteiger partial charge < -0.3 is 4.74 Å². The molecule has 1 heterocycles. The third kappa shape index (κ3) is 4.73. The number of carbonyl (C=O) groups is 2. The maximum Gasteiger partial charge on any atom is 0.290 e. The van der Waals surface area contributed by atoms with Gasteiger partial charge in [-0.15, -0.1) is 0 Å². The summed E-state index contributed by atoms with van der Waals surface area (Å²) in [5.74, 6) is -0.221. The molecule has 0 radical (unpaired) electrons. The molecule has 0 spiro atoms. The van der Waals surface area contributed by atoms with E-state index in [-0.39, 0.29) is 23.6 Å². The van der Waals surface area contributed by atoms with Gasteiger partial charge in [0.05, 0.1) is 12.0 Å². The van der Waals surface area contributed by atoms with Crippen molar-refractivity contribution in [3.05, 3.63) is 70.1 Å². The molecule has 0 saturated heterocycles. The fourth-order valence-corrected chi connectivity index (χ4v) is 2.59. The van der Waals surface area contributed by atoms with Gasteiger partial charge >= 0.3 is 0 Å². The number of hydrogen-bond donors (Lipinski definition) is 3. The summed E-state index contributed by atoms with van der Waals surface area (Å²) in [6, 6.07) is 14.3. The Morgan fingerprint density at radius 1 is 1.04 bits per heavy atom. The van der Waals surface area contributed by atoms with Crippen LogP contribution >= 0.6 is 0 Å². The van der Waals surface area contributed by atoms with Gasteiger partial charge in [0.1, 0.15) is 5.75 Å². The summed E-state index contributed by atoms with van der Waals surface area (Å²) in [5.41, 5.74) is 5.44. The summed E-state index contributed by atoms with van der Waals surface area (Å²) in [6.07, 6.45) is 0.682. The summed E-state index contributed by atoms with van der Waals surface area (Å²) >= 11 is 0. The third-order valence-electron chi connectivity index (χ3n) is 4.06. The number of carbonyl (C=O) groups excluding carboxylic acids is 2. The van der Waals surface area contributed by atoms with Crippen LogP contribution in [0.1, 0.15) is 28.9 Å². The Hall–Kier alpha value is -3.68. The van der Waals surface area contributed by atoms with Crippen LogP contribution in [-0.2, 0) is 4.79 Å².